The fourth-order valence-corrected chi connectivity index (χ4v) is 3.34. The predicted octanol–water partition coefficient (Wildman–Crippen LogP) is 4.92. The Morgan fingerprint density at radius 2 is 1.88 bits per heavy atom. The van der Waals surface area contributed by atoms with Gasteiger partial charge in [0.2, 0.25) is 0 Å². The minimum absolute atomic E-state index is 0.212. The summed E-state index contributed by atoms with van der Waals surface area (Å²) in [4.78, 5) is 13.3. The van der Waals surface area contributed by atoms with E-state index in [2.05, 4.69) is 10.6 Å². The molecule has 0 fully saturated rings. The molecule has 3 nitrogen and oxygen atoms in total. The van der Waals surface area contributed by atoms with Crippen LogP contribution >= 0.6 is 11.3 Å². The van der Waals surface area contributed by atoms with Crippen LogP contribution in [0.2, 0.25) is 0 Å². The summed E-state index contributed by atoms with van der Waals surface area (Å²) in [6.45, 7) is 1.90. The highest BCUT2D eigenvalue weighted by Gasteiger charge is 2.18. The van der Waals surface area contributed by atoms with Crippen LogP contribution < -0.4 is 10.6 Å². The van der Waals surface area contributed by atoms with Crippen LogP contribution in [0.5, 0.6) is 0 Å². The Morgan fingerprint density at radius 3 is 2.54 bits per heavy atom. The molecule has 2 amide bonds. The summed E-state index contributed by atoms with van der Waals surface area (Å²) < 4.78 is 26.8. The Morgan fingerprint density at radius 1 is 1.12 bits per heavy atom. The van der Waals surface area contributed by atoms with E-state index in [1.807, 2.05) is 17.5 Å². The molecule has 0 saturated heterocycles. The number of thiophene rings is 1. The molecule has 1 heterocycles. The van der Waals surface area contributed by atoms with Gasteiger partial charge in [0, 0.05) is 11.4 Å². The zero-order valence-corrected chi connectivity index (χ0v) is 14.9. The summed E-state index contributed by atoms with van der Waals surface area (Å²) in [6.07, 6.45) is 0. The number of halogens is 2. The summed E-state index contributed by atoms with van der Waals surface area (Å²) in [7, 11) is 0. The van der Waals surface area contributed by atoms with Crippen LogP contribution in [0, 0.1) is 18.6 Å². The number of carbonyl (C=O) groups is 1. The molecule has 2 N–H and O–H groups in total. The van der Waals surface area contributed by atoms with Crippen LogP contribution in [-0.4, -0.2) is 6.03 Å². The Labute approximate surface area is 154 Å². The van der Waals surface area contributed by atoms with Gasteiger partial charge in [-0.1, -0.05) is 30.3 Å². The molecule has 0 radical (unpaired) electrons. The monoisotopic (exact) mass is 372 g/mol. The van der Waals surface area contributed by atoms with Crippen LogP contribution in [0.15, 0.2) is 60.0 Å². The highest BCUT2D eigenvalue weighted by molar-refractivity contribution is 7.10. The zero-order valence-electron chi connectivity index (χ0n) is 14.1. The molecule has 0 aliphatic rings. The Bertz CT molecular complexity index is 879. The fraction of sp³-hybridized carbons (Fsp3) is 0.150. The minimum Gasteiger partial charge on any atom is -0.334 e. The number of aryl methyl sites for hydroxylation is 1. The van der Waals surface area contributed by atoms with E-state index < -0.39 is 0 Å². The van der Waals surface area contributed by atoms with Crippen LogP contribution in [0.4, 0.5) is 13.6 Å². The van der Waals surface area contributed by atoms with Crippen molar-refractivity contribution in [2.45, 2.75) is 19.5 Å². The predicted molar refractivity (Wildman–Crippen MR) is 99.1 cm³/mol. The Balaban J connectivity index is 1.69. The molecule has 0 aliphatic heterocycles. The van der Waals surface area contributed by atoms with Gasteiger partial charge in [-0.25, -0.2) is 13.6 Å². The Kier molecular flexibility index (Phi) is 5.63. The van der Waals surface area contributed by atoms with Crippen molar-refractivity contribution in [3.63, 3.8) is 0 Å². The summed E-state index contributed by atoms with van der Waals surface area (Å²) in [5, 5.41) is 7.55. The van der Waals surface area contributed by atoms with Gasteiger partial charge in [-0.15, -0.1) is 11.3 Å². The molecule has 6 heteroatoms. The van der Waals surface area contributed by atoms with Gasteiger partial charge in [-0.2, -0.15) is 0 Å². The molecule has 26 heavy (non-hydrogen) atoms. The van der Waals surface area contributed by atoms with Crippen molar-refractivity contribution in [3.05, 3.63) is 93.2 Å². The van der Waals surface area contributed by atoms with E-state index in [0.717, 1.165) is 10.4 Å². The first-order valence-corrected chi connectivity index (χ1v) is 8.99. The highest BCUT2D eigenvalue weighted by atomic mass is 32.1. The van der Waals surface area contributed by atoms with Gasteiger partial charge in [-0.05, 0) is 53.3 Å². The van der Waals surface area contributed by atoms with E-state index in [-0.39, 0.29) is 30.3 Å². The average Bonchev–Trinajstić information content (AvgIpc) is 3.16. The van der Waals surface area contributed by atoms with E-state index in [9.17, 15) is 13.6 Å². The fourth-order valence-electron chi connectivity index (χ4n) is 2.54. The van der Waals surface area contributed by atoms with Crippen LogP contribution in [0.1, 0.15) is 27.6 Å². The van der Waals surface area contributed by atoms with Gasteiger partial charge in [-0.3, -0.25) is 0 Å². The lowest BCUT2D eigenvalue weighted by Crippen LogP contribution is -2.37. The summed E-state index contributed by atoms with van der Waals surface area (Å²) in [6, 6.07) is 13.9. The molecule has 3 aromatic rings. The number of amides is 2. The maximum Gasteiger partial charge on any atom is 0.315 e. The molecule has 1 aromatic heterocycles. The highest BCUT2D eigenvalue weighted by Crippen LogP contribution is 2.26. The molecule has 0 saturated carbocycles. The van der Waals surface area contributed by atoms with Gasteiger partial charge in [0.1, 0.15) is 11.6 Å². The molecule has 3 rings (SSSR count). The van der Waals surface area contributed by atoms with Crippen molar-refractivity contribution in [3.8, 4) is 0 Å². The summed E-state index contributed by atoms with van der Waals surface area (Å²) in [5.41, 5.74) is 2.02. The lowest BCUT2D eigenvalue weighted by molar-refractivity contribution is 0.238. The lowest BCUT2D eigenvalue weighted by Gasteiger charge is -2.18. The average molecular weight is 372 g/mol. The lowest BCUT2D eigenvalue weighted by atomic mass is 10.1. The largest absolute Gasteiger partial charge is 0.334 e. The topological polar surface area (TPSA) is 41.1 Å². The maximum atomic E-state index is 13.6. The third-order valence-electron chi connectivity index (χ3n) is 4.00. The van der Waals surface area contributed by atoms with Gasteiger partial charge < -0.3 is 10.6 Å². The van der Waals surface area contributed by atoms with E-state index in [1.54, 1.807) is 31.2 Å². The molecule has 2 aromatic carbocycles. The van der Waals surface area contributed by atoms with E-state index in [0.29, 0.717) is 11.1 Å². The number of hydrogen-bond donors (Lipinski definition) is 2. The number of carbonyl (C=O) groups excluding carboxylic acids is 1. The molecule has 1 unspecified atom stereocenters. The quantitative estimate of drug-likeness (QED) is 0.655. The van der Waals surface area contributed by atoms with E-state index in [4.69, 9.17) is 0 Å². The minimum atomic E-state index is -0.384. The number of rotatable bonds is 5. The molecule has 0 bridgehead atoms. The van der Waals surface area contributed by atoms with E-state index >= 15 is 0 Å². The van der Waals surface area contributed by atoms with Gasteiger partial charge in [0.05, 0.1) is 6.04 Å². The Hall–Kier alpha value is -2.73. The van der Waals surface area contributed by atoms with E-state index in [1.165, 1.54) is 29.5 Å². The standard InChI is InChI=1S/C20H18F2N2OS/c1-13-4-5-14(11-17(13)22)12-23-20(25)24-19(18-3-2-10-26-18)15-6-8-16(21)9-7-15/h2-11,19H,12H2,1H3,(H2,23,24,25). The smallest absolute Gasteiger partial charge is 0.315 e. The second-order valence-corrected chi connectivity index (χ2v) is 6.89. The zero-order chi connectivity index (χ0) is 18.5. The van der Waals surface area contributed by atoms with Crippen molar-refractivity contribution in [1.29, 1.82) is 0 Å². The molecular weight excluding hydrogens is 354 g/mol. The SMILES string of the molecule is Cc1ccc(CNC(=O)NC(c2ccc(F)cc2)c2cccs2)cc1F. The first-order valence-electron chi connectivity index (χ1n) is 8.11. The number of benzene rings is 2. The maximum absolute atomic E-state index is 13.6. The van der Waals surface area contributed by atoms with Crippen molar-refractivity contribution < 1.29 is 13.6 Å². The van der Waals surface area contributed by atoms with Crippen LogP contribution in [0.3, 0.4) is 0 Å². The molecular formula is C20H18F2N2OS. The van der Waals surface area contributed by atoms with Crippen LogP contribution in [-0.2, 0) is 6.54 Å². The second-order valence-electron chi connectivity index (χ2n) is 5.91. The third kappa shape index (κ3) is 4.46. The third-order valence-corrected chi connectivity index (χ3v) is 4.93. The molecule has 0 aliphatic carbocycles. The van der Waals surface area contributed by atoms with Crippen molar-refractivity contribution in [1.82, 2.24) is 10.6 Å². The van der Waals surface area contributed by atoms with Crippen molar-refractivity contribution in [2.75, 3.05) is 0 Å². The summed E-state index contributed by atoms with van der Waals surface area (Å²) in [5.74, 6) is -0.628. The van der Waals surface area contributed by atoms with Gasteiger partial charge in [0.15, 0.2) is 0 Å². The molecule has 0 spiro atoms. The summed E-state index contributed by atoms with van der Waals surface area (Å²) >= 11 is 1.50. The number of urea groups is 1. The second kappa shape index (κ2) is 8.10. The number of nitrogens with one attached hydrogen (secondary N) is 2. The van der Waals surface area contributed by atoms with Gasteiger partial charge in [0.25, 0.3) is 0 Å². The first kappa shape index (κ1) is 18.1. The van der Waals surface area contributed by atoms with Crippen molar-refractivity contribution >= 4 is 17.4 Å². The van der Waals surface area contributed by atoms with Crippen LogP contribution in [0.25, 0.3) is 0 Å². The normalized spacial score (nSPS) is 11.8. The van der Waals surface area contributed by atoms with Gasteiger partial charge >= 0.3 is 6.03 Å². The first-order chi connectivity index (χ1) is 12.5. The molecule has 1 atom stereocenters. The molecule has 134 valence electrons. The van der Waals surface area contributed by atoms with Crippen molar-refractivity contribution in [2.24, 2.45) is 0 Å². The number of hydrogen-bond acceptors (Lipinski definition) is 2.